The lowest BCUT2D eigenvalue weighted by Crippen LogP contribution is -2.06. The molecule has 154 valence electrons. The quantitative estimate of drug-likeness (QED) is 0.325. The zero-order valence-corrected chi connectivity index (χ0v) is 17.8. The highest BCUT2D eigenvalue weighted by atomic mass is 16.5. The molecule has 0 radical (unpaired) electrons. The highest BCUT2D eigenvalue weighted by Crippen LogP contribution is 2.27. The van der Waals surface area contributed by atoms with Crippen LogP contribution >= 0.6 is 0 Å². The Bertz CT molecular complexity index is 1100. The number of imidazole rings is 1. The zero-order chi connectivity index (χ0) is 20.9. The van der Waals surface area contributed by atoms with Crippen LogP contribution in [0.25, 0.3) is 22.4 Å². The number of nitrogens with zero attached hydrogens (tertiary/aromatic N) is 2. The van der Waals surface area contributed by atoms with Crippen LogP contribution in [-0.2, 0) is 6.54 Å². The first-order chi connectivity index (χ1) is 14.7. The molecule has 1 aromatic heterocycles. The molecule has 0 unspecified atom stereocenters. The van der Waals surface area contributed by atoms with E-state index in [9.17, 15) is 0 Å². The van der Waals surface area contributed by atoms with Crippen molar-refractivity contribution in [2.45, 2.75) is 32.7 Å². The Morgan fingerprint density at radius 2 is 1.57 bits per heavy atom. The number of methoxy groups -OCH3 is 1. The molecule has 4 rings (SSSR count). The van der Waals surface area contributed by atoms with Crippen molar-refractivity contribution >= 4 is 11.0 Å². The molecule has 30 heavy (non-hydrogen) atoms. The van der Waals surface area contributed by atoms with Gasteiger partial charge in [0.2, 0.25) is 0 Å². The van der Waals surface area contributed by atoms with Crippen LogP contribution in [0.3, 0.4) is 0 Å². The summed E-state index contributed by atoms with van der Waals surface area (Å²) in [4.78, 5) is 4.88. The molecule has 0 fully saturated rings. The highest BCUT2D eigenvalue weighted by molar-refractivity contribution is 5.80. The Morgan fingerprint density at radius 3 is 2.27 bits per heavy atom. The number of aryl methyl sites for hydroxylation is 1. The fraction of sp³-hybridized carbons (Fsp3) is 0.269. The zero-order valence-electron chi connectivity index (χ0n) is 17.8. The van der Waals surface area contributed by atoms with Crippen LogP contribution in [0.2, 0.25) is 0 Å². The van der Waals surface area contributed by atoms with Gasteiger partial charge < -0.3 is 14.0 Å². The predicted octanol–water partition coefficient (Wildman–Crippen LogP) is 6.30. The van der Waals surface area contributed by atoms with Crippen molar-refractivity contribution in [3.8, 4) is 22.9 Å². The number of ether oxygens (including phenoxy) is 2. The van der Waals surface area contributed by atoms with E-state index >= 15 is 0 Å². The smallest absolute Gasteiger partial charge is 0.141 e. The van der Waals surface area contributed by atoms with Crippen molar-refractivity contribution in [3.05, 3.63) is 78.4 Å². The Hall–Kier alpha value is -3.27. The van der Waals surface area contributed by atoms with E-state index in [4.69, 9.17) is 14.5 Å². The van der Waals surface area contributed by atoms with Gasteiger partial charge in [0, 0.05) is 12.1 Å². The minimum absolute atomic E-state index is 0.532. The van der Waals surface area contributed by atoms with Gasteiger partial charge in [0.25, 0.3) is 0 Å². The second-order valence-corrected chi connectivity index (χ2v) is 7.73. The number of hydrogen-bond acceptors (Lipinski definition) is 3. The molecule has 0 saturated heterocycles. The van der Waals surface area contributed by atoms with Gasteiger partial charge in [-0.2, -0.15) is 0 Å². The average Bonchev–Trinajstić information content (AvgIpc) is 3.15. The molecule has 0 amide bonds. The third kappa shape index (κ3) is 4.33. The molecule has 0 aliphatic heterocycles. The van der Waals surface area contributed by atoms with Gasteiger partial charge in [-0.05, 0) is 66.4 Å². The van der Waals surface area contributed by atoms with Crippen molar-refractivity contribution in [3.63, 3.8) is 0 Å². The van der Waals surface area contributed by atoms with E-state index in [0.717, 1.165) is 46.9 Å². The first-order valence-corrected chi connectivity index (χ1v) is 10.5. The third-order valence-electron chi connectivity index (χ3n) is 5.34. The summed E-state index contributed by atoms with van der Waals surface area (Å²) in [5.41, 5.74) is 4.56. The fourth-order valence-electron chi connectivity index (χ4n) is 3.62. The molecule has 1 heterocycles. The summed E-state index contributed by atoms with van der Waals surface area (Å²) in [6, 6.07) is 24.8. The van der Waals surface area contributed by atoms with E-state index < -0.39 is 0 Å². The van der Waals surface area contributed by atoms with Crippen molar-refractivity contribution in [1.29, 1.82) is 0 Å². The van der Waals surface area contributed by atoms with E-state index in [1.54, 1.807) is 7.11 Å². The first-order valence-electron chi connectivity index (χ1n) is 10.5. The molecule has 0 N–H and O–H groups in total. The van der Waals surface area contributed by atoms with Crippen LogP contribution in [0.5, 0.6) is 11.5 Å². The number of aromatic nitrogens is 2. The van der Waals surface area contributed by atoms with E-state index in [0.29, 0.717) is 12.5 Å². The molecule has 4 heteroatoms. The van der Waals surface area contributed by atoms with Gasteiger partial charge in [0.15, 0.2) is 0 Å². The summed E-state index contributed by atoms with van der Waals surface area (Å²) in [5, 5.41) is 0. The van der Waals surface area contributed by atoms with Crippen molar-refractivity contribution < 1.29 is 9.47 Å². The van der Waals surface area contributed by atoms with E-state index in [-0.39, 0.29) is 0 Å². The summed E-state index contributed by atoms with van der Waals surface area (Å²) < 4.78 is 13.5. The summed E-state index contributed by atoms with van der Waals surface area (Å²) >= 11 is 0. The minimum atomic E-state index is 0.532. The van der Waals surface area contributed by atoms with Gasteiger partial charge in [-0.3, -0.25) is 0 Å². The van der Waals surface area contributed by atoms with Gasteiger partial charge in [0.1, 0.15) is 17.3 Å². The van der Waals surface area contributed by atoms with Gasteiger partial charge >= 0.3 is 0 Å². The van der Waals surface area contributed by atoms with Crippen LogP contribution < -0.4 is 9.47 Å². The van der Waals surface area contributed by atoms with Crippen LogP contribution in [0.15, 0.2) is 72.8 Å². The van der Waals surface area contributed by atoms with Crippen molar-refractivity contribution in [2.75, 3.05) is 13.7 Å². The summed E-state index contributed by atoms with van der Waals surface area (Å²) in [7, 11) is 1.68. The maximum atomic E-state index is 5.98. The van der Waals surface area contributed by atoms with Gasteiger partial charge in [-0.25, -0.2) is 4.98 Å². The first kappa shape index (κ1) is 20.0. The molecular formula is C26H28N2O2. The van der Waals surface area contributed by atoms with Crippen LogP contribution in [-0.4, -0.2) is 23.3 Å². The molecule has 4 nitrogen and oxygen atoms in total. The monoisotopic (exact) mass is 400 g/mol. The number of hydrogen-bond donors (Lipinski definition) is 0. The number of benzene rings is 3. The van der Waals surface area contributed by atoms with Crippen molar-refractivity contribution in [1.82, 2.24) is 9.55 Å². The van der Waals surface area contributed by atoms with Crippen LogP contribution in [0.4, 0.5) is 0 Å². The fourth-order valence-corrected chi connectivity index (χ4v) is 3.62. The minimum Gasteiger partial charge on any atom is -0.497 e. The van der Waals surface area contributed by atoms with Crippen LogP contribution in [0, 0.1) is 0 Å². The lowest BCUT2D eigenvalue weighted by atomic mass is 10.0. The Morgan fingerprint density at radius 1 is 0.867 bits per heavy atom. The van der Waals surface area contributed by atoms with Gasteiger partial charge in [-0.1, -0.05) is 38.1 Å². The van der Waals surface area contributed by atoms with E-state index in [1.165, 1.54) is 5.56 Å². The molecule has 0 spiro atoms. The third-order valence-corrected chi connectivity index (χ3v) is 5.34. The molecular weight excluding hydrogens is 372 g/mol. The largest absolute Gasteiger partial charge is 0.497 e. The van der Waals surface area contributed by atoms with Crippen LogP contribution in [0.1, 0.15) is 31.7 Å². The van der Waals surface area contributed by atoms with Gasteiger partial charge in [-0.15, -0.1) is 0 Å². The molecule has 0 aliphatic carbocycles. The lowest BCUT2D eigenvalue weighted by molar-refractivity contribution is 0.303. The number of rotatable bonds is 8. The number of para-hydroxylation sites is 2. The van der Waals surface area contributed by atoms with Crippen molar-refractivity contribution in [2.24, 2.45) is 0 Å². The van der Waals surface area contributed by atoms with Gasteiger partial charge in [0.05, 0.1) is 24.8 Å². The molecule has 3 aromatic carbocycles. The lowest BCUT2D eigenvalue weighted by Gasteiger charge is -2.12. The predicted molar refractivity (Wildman–Crippen MR) is 122 cm³/mol. The van der Waals surface area contributed by atoms with E-state index in [2.05, 4.69) is 73.0 Å². The summed E-state index contributed by atoms with van der Waals surface area (Å²) in [6.07, 6.45) is 0.898. The topological polar surface area (TPSA) is 36.3 Å². The highest BCUT2D eigenvalue weighted by Gasteiger charge is 2.12. The molecule has 0 aliphatic rings. The molecule has 0 atom stereocenters. The summed E-state index contributed by atoms with van der Waals surface area (Å²) in [5.74, 6) is 3.27. The molecule has 0 saturated carbocycles. The van der Waals surface area contributed by atoms with E-state index in [1.807, 2.05) is 18.2 Å². The summed E-state index contributed by atoms with van der Waals surface area (Å²) in [6.45, 7) is 5.90. The average molecular weight is 401 g/mol. The Balaban J connectivity index is 1.48. The number of fused-ring (bicyclic) bond motifs is 1. The normalized spacial score (nSPS) is 11.2. The second kappa shape index (κ2) is 9.04. The maximum absolute atomic E-state index is 5.98. The Kier molecular flexibility index (Phi) is 6.03. The Labute approximate surface area is 178 Å². The standard InChI is InChI=1S/C26H28N2O2/c1-19(2)20-9-15-23(16-10-20)30-18-6-17-28-25-8-5-4-7-24(25)27-26(28)21-11-13-22(29-3)14-12-21/h4-5,7-16,19H,6,17-18H2,1-3H3. The SMILES string of the molecule is COc1ccc(-c2nc3ccccc3n2CCCOc2ccc(C(C)C)cc2)cc1. The maximum Gasteiger partial charge on any atom is 0.141 e. The molecule has 0 bridgehead atoms. The second-order valence-electron chi connectivity index (χ2n) is 7.73. The molecule has 4 aromatic rings.